The number of hydrogen-bond acceptors (Lipinski definition) is 3. The Bertz CT molecular complexity index is 291. The number of alkyl halides is 1. The Labute approximate surface area is 105 Å². The molecule has 0 spiro atoms. The summed E-state index contributed by atoms with van der Waals surface area (Å²) in [4.78, 5) is 0. The highest BCUT2D eigenvalue weighted by Crippen LogP contribution is 2.20. The maximum atomic E-state index is 5.61. The van der Waals surface area contributed by atoms with Crippen LogP contribution in [-0.2, 0) is 14.8 Å². The van der Waals surface area contributed by atoms with Crippen molar-refractivity contribution in [2.75, 3.05) is 33.5 Å². The predicted octanol–water partition coefficient (Wildman–Crippen LogP) is 2.62. The summed E-state index contributed by atoms with van der Waals surface area (Å²) in [6.45, 7) is 2.38. The molecular formula is C12H17BrO3. The van der Waals surface area contributed by atoms with Crippen LogP contribution >= 0.6 is 15.9 Å². The van der Waals surface area contributed by atoms with Crippen molar-refractivity contribution in [2.24, 2.45) is 0 Å². The van der Waals surface area contributed by atoms with Crippen LogP contribution in [0.2, 0.25) is 0 Å². The van der Waals surface area contributed by atoms with E-state index in [-0.39, 0.29) is 0 Å². The Hall–Kier alpha value is -0.580. The molecule has 0 aliphatic carbocycles. The number of methoxy groups -OCH3 is 1. The van der Waals surface area contributed by atoms with Crippen LogP contribution in [0.4, 0.5) is 0 Å². The number of ether oxygens (including phenoxy) is 3. The summed E-state index contributed by atoms with van der Waals surface area (Å²) in [6.07, 6.45) is 0. The first-order valence-corrected chi connectivity index (χ1v) is 6.34. The second kappa shape index (κ2) is 8.56. The van der Waals surface area contributed by atoms with Crippen molar-refractivity contribution in [3.8, 4) is 5.75 Å². The molecule has 3 nitrogen and oxygen atoms in total. The Morgan fingerprint density at radius 2 is 1.81 bits per heavy atom. The lowest BCUT2D eigenvalue weighted by Crippen LogP contribution is -2.10. The third-order valence-electron chi connectivity index (χ3n) is 2.03. The van der Waals surface area contributed by atoms with Gasteiger partial charge in [-0.15, -0.1) is 0 Å². The lowest BCUT2D eigenvalue weighted by molar-refractivity contribution is 0.0543. The van der Waals surface area contributed by atoms with E-state index in [0.717, 1.165) is 16.6 Å². The number of rotatable bonds is 8. The van der Waals surface area contributed by atoms with Gasteiger partial charge in [0.15, 0.2) is 0 Å². The smallest absolute Gasteiger partial charge is 0.123 e. The van der Waals surface area contributed by atoms with E-state index in [1.807, 2.05) is 24.3 Å². The van der Waals surface area contributed by atoms with Crippen molar-refractivity contribution < 1.29 is 14.2 Å². The molecule has 0 saturated carbocycles. The molecule has 0 aromatic heterocycles. The zero-order valence-corrected chi connectivity index (χ0v) is 11.0. The minimum absolute atomic E-state index is 0.563. The summed E-state index contributed by atoms with van der Waals surface area (Å²) >= 11 is 3.42. The molecule has 90 valence electrons. The zero-order chi connectivity index (χ0) is 11.6. The predicted molar refractivity (Wildman–Crippen MR) is 67.3 cm³/mol. The van der Waals surface area contributed by atoms with Gasteiger partial charge >= 0.3 is 0 Å². The normalized spacial score (nSPS) is 10.4. The molecule has 0 saturated heterocycles. The second-order valence-electron chi connectivity index (χ2n) is 3.19. The molecule has 16 heavy (non-hydrogen) atoms. The molecule has 1 aromatic carbocycles. The van der Waals surface area contributed by atoms with Gasteiger partial charge in [-0.1, -0.05) is 34.1 Å². The average molecular weight is 289 g/mol. The molecule has 0 heterocycles. The fraction of sp³-hybridized carbons (Fsp3) is 0.500. The van der Waals surface area contributed by atoms with Gasteiger partial charge in [0.1, 0.15) is 12.4 Å². The lowest BCUT2D eigenvalue weighted by Gasteiger charge is -2.09. The Morgan fingerprint density at radius 3 is 2.56 bits per heavy atom. The molecule has 1 aromatic rings. The van der Waals surface area contributed by atoms with E-state index in [1.165, 1.54) is 0 Å². The van der Waals surface area contributed by atoms with Gasteiger partial charge < -0.3 is 14.2 Å². The van der Waals surface area contributed by atoms with E-state index in [1.54, 1.807) is 7.11 Å². The Kier molecular flexibility index (Phi) is 7.21. The number of hydrogen-bond donors (Lipinski definition) is 0. The first kappa shape index (κ1) is 13.5. The first-order chi connectivity index (χ1) is 7.88. The summed E-state index contributed by atoms with van der Waals surface area (Å²) in [5, 5.41) is 0.799. The molecule has 0 fully saturated rings. The van der Waals surface area contributed by atoms with Gasteiger partial charge in [-0.2, -0.15) is 0 Å². The largest absolute Gasteiger partial charge is 0.491 e. The molecule has 0 bridgehead atoms. The van der Waals surface area contributed by atoms with E-state index in [2.05, 4.69) is 15.9 Å². The molecule has 0 atom stereocenters. The fourth-order valence-corrected chi connectivity index (χ4v) is 1.67. The van der Waals surface area contributed by atoms with Crippen LogP contribution in [0.1, 0.15) is 5.56 Å². The maximum absolute atomic E-state index is 5.61. The minimum atomic E-state index is 0.563. The third kappa shape index (κ3) is 4.96. The molecule has 0 aliphatic heterocycles. The second-order valence-corrected chi connectivity index (χ2v) is 3.76. The summed E-state index contributed by atoms with van der Waals surface area (Å²) < 4.78 is 15.8. The maximum Gasteiger partial charge on any atom is 0.123 e. The summed E-state index contributed by atoms with van der Waals surface area (Å²) in [6, 6.07) is 7.97. The first-order valence-electron chi connectivity index (χ1n) is 5.22. The molecule has 4 heteroatoms. The molecule has 0 unspecified atom stereocenters. The molecule has 0 radical (unpaired) electrons. The third-order valence-corrected chi connectivity index (χ3v) is 2.64. The minimum Gasteiger partial charge on any atom is -0.491 e. The van der Waals surface area contributed by atoms with Gasteiger partial charge in [0.05, 0.1) is 19.8 Å². The molecule has 0 aliphatic rings. The monoisotopic (exact) mass is 288 g/mol. The van der Waals surface area contributed by atoms with Gasteiger partial charge in [-0.3, -0.25) is 0 Å². The highest BCUT2D eigenvalue weighted by atomic mass is 79.9. The van der Waals surface area contributed by atoms with Crippen molar-refractivity contribution in [1.29, 1.82) is 0 Å². The average Bonchev–Trinajstić information content (AvgIpc) is 2.34. The van der Waals surface area contributed by atoms with Crippen LogP contribution in [0.25, 0.3) is 0 Å². The summed E-state index contributed by atoms with van der Waals surface area (Å²) in [5.41, 5.74) is 1.15. The van der Waals surface area contributed by atoms with Crippen molar-refractivity contribution >= 4 is 15.9 Å². The number of benzene rings is 1. The van der Waals surface area contributed by atoms with Crippen LogP contribution in [0.15, 0.2) is 24.3 Å². The van der Waals surface area contributed by atoms with Gasteiger partial charge in [0, 0.05) is 18.0 Å². The van der Waals surface area contributed by atoms with Gasteiger partial charge in [-0.25, -0.2) is 0 Å². The highest BCUT2D eigenvalue weighted by Gasteiger charge is 2.00. The van der Waals surface area contributed by atoms with Crippen molar-refractivity contribution in [3.63, 3.8) is 0 Å². The van der Waals surface area contributed by atoms with Crippen LogP contribution in [-0.4, -0.2) is 33.5 Å². The van der Waals surface area contributed by atoms with Crippen LogP contribution < -0.4 is 4.74 Å². The van der Waals surface area contributed by atoms with E-state index in [4.69, 9.17) is 14.2 Å². The highest BCUT2D eigenvalue weighted by molar-refractivity contribution is 9.08. The zero-order valence-electron chi connectivity index (χ0n) is 9.45. The van der Waals surface area contributed by atoms with Crippen LogP contribution in [0, 0.1) is 0 Å². The Balaban J connectivity index is 2.21. The molecular weight excluding hydrogens is 272 g/mol. The van der Waals surface area contributed by atoms with Gasteiger partial charge in [-0.05, 0) is 6.07 Å². The topological polar surface area (TPSA) is 27.7 Å². The van der Waals surface area contributed by atoms with E-state index in [9.17, 15) is 0 Å². The fourth-order valence-electron chi connectivity index (χ4n) is 1.21. The van der Waals surface area contributed by atoms with Crippen LogP contribution in [0.3, 0.4) is 0 Å². The SMILES string of the molecule is COCCOCCOc1ccccc1CBr. The number of para-hydroxylation sites is 1. The molecule has 0 N–H and O–H groups in total. The van der Waals surface area contributed by atoms with Crippen LogP contribution in [0.5, 0.6) is 5.75 Å². The van der Waals surface area contributed by atoms with Gasteiger partial charge in [0.2, 0.25) is 0 Å². The summed E-state index contributed by atoms with van der Waals surface area (Å²) in [7, 11) is 1.66. The molecule has 0 amide bonds. The lowest BCUT2D eigenvalue weighted by atomic mass is 10.2. The quantitative estimate of drug-likeness (QED) is 0.544. The van der Waals surface area contributed by atoms with Gasteiger partial charge in [0.25, 0.3) is 0 Å². The Morgan fingerprint density at radius 1 is 1.06 bits per heavy atom. The van der Waals surface area contributed by atoms with E-state index < -0.39 is 0 Å². The molecule has 1 rings (SSSR count). The van der Waals surface area contributed by atoms with E-state index in [0.29, 0.717) is 26.4 Å². The summed E-state index contributed by atoms with van der Waals surface area (Å²) in [5.74, 6) is 0.912. The van der Waals surface area contributed by atoms with Crippen molar-refractivity contribution in [1.82, 2.24) is 0 Å². The number of halogens is 1. The standard InChI is InChI=1S/C12H17BrO3/c1-14-6-7-15-8-9-16-12-5-3-2-4-11(12)10-13/h2-5H,6-10H2,1H3. The van der Waals surface area contributed by atoms with Crippen molar-refractivity contribution in [2.45, 2.75) is 5.33 Å². The van der Waals surface area contributed by atoms with E-state index >= 15 is 0 Å². The van der Waals surface area contributed by atoms with Crippen molar-refractivity contribution in [3.05, 3.63) is 29.8 Å².